The van der Waals surface area contributed by atoms with Crippen molar-refractivity contribution >= 4 is 11.6 Å². The Hall–Kier alpha value is -3.68. The van der Waals surface area contributed by atoms with Crippen LogP contribution >= 0.6 is 0 Å². The van der Waals surface area contributed by atoms with Crippen LogP contribution in [0.5, 0.6) is 23.0 Å². The van der Waals surface area contributed by atoms with E-state index in [2.05, 4.69) is 15.5 Å². The molecule has 1 amide bonds. The molecule has 0 spiro atoms. The van der Waals surface area contributed by atoms with Crippen LogP contribution in [0.25, 0.3) is 11.3 Å². The molecule has 0 aliphatic heterocycles. The molecule has 1 aromatic heterocycles. The van der Waals surface area contributed by atoms with Crippen molar-refractivity contribution in [3.63, 3.8) is 0 Å². The molecule has 0 radical (unpaired) electrons. The molecule has 2 aromatic carbocycles. The molecule has 29 heavy (non-hydrogen) atoms. The average Bonchev–Trinajstić information content (AvgIpc) is 3.12. The number of nitrogens with zero attached hydrogens (tertiary/aromatic N) is 1. The first-order valence-corrected chi connectivity index (χ1v) is 8.83. The first-order chi connectivity index (χ1) is 14.0. The van der Waals surface area contributed by atoms with Crippen LogP contribution < -0.4 is 24.3 Å². The first kappa shape index (κ1) is 20.1. The fraction of sp³-hybridized carbons (Fsp3) is 0.238. The lowest BCUT2D eigenvalue weighted by atomic mass is 10.1. The number of methoxy groups -OCH3 is 4. The predicted molar refractivity (Wildman–Crippen MR) is 109 cm³/mol. The van der Waals surface area contributed by atoms with Gasteiger partial charge in [-0.2, -0.15) is 5.10 Å². The Balaban J connectivity index is 2.04. The van der Waals surface area contributed by atoms with Crippen molar-refractivity contribution in [1.29, 1.82) is 0 Å². The molecule has 0 saturated carbocycles. The van der Waals surface area contributed by atoms with Crippen molar-refractivity contribution in [2.75, 3.05) is 33.8 Å². The van der Waals surface area contributed by atoms with Crippen molar-refractivity contribution < 1.29 is 23.7 Å². The van der Waals surface area contributed by atoms with E-state index >= 15 is 0 Å². The van der Waals surface area contributed by atoms with Gasteiger partial charge in [-0.25, -0.2) is 0 Å². The third-order valence-electron chi connectivity index (χ3n) is 4.48. The van der Waals surface area contributed by atoms with Gasteiger partial charge in [0.05, 0.1) is 45.4 Å². The molecule has 0 atom stereocenters. The second-order valence-corrected chi connectivity index (χ2v) is 6.14. The molecule has 0 fully saturated rings. The predicted octanol–water partition coefficient (Wildman–Crippen LogP) is 3.67. The van der Waals surface area contributed by atoms with Crippen LogP contribution in [0.1, 0.15) is 16.1 Å². The van der Waals surface area contributed by atoms with Crippen LogP contribution in [-0.2, 0) is 0 Å². The highest BCUT2D eigenvalue weighted by Gasteiger charge is 2.21. The van der Waals surface area contributed by atoms with Crippen molar-refractivity contribution in [3.8, 4) is 34.3 Å². The van der Waals surface area contributed by atoms with Gasteiger partial charge in [0.15, 0.2) is 11.5 Å². The minimum atomic E-state index is -0.305. The molecular weight excluding hydrogens is 374 g/mol. The van der Waals surface area contributed by atoms with Crippen LogP contribution in [-0.4, -0.2) is 44.5 Å². The monoisotopic (exact) mass is 397 g/mol. The summed E-state index contributed by atoms with van der Waals surface area (Å²) in [6.07, 6.45) is 0. The highest BCUT2D eigenvalue weighted by Crippen LogP contribution is 2.42. The van der Waals surface area contributed by atoms with E-state index in [1.807, 2.05) is 6.92 Å². The number of para-hydroxylation sites is 1. The molecule has 152 valence electrons. The van der Waals surface area contributed by atoms with E-state index in [-0.39, 0.29) is 5.91 Å². The number of amides is 1. The normalized spacial score (nSPS) is 10.4. The van der Waals surface area contributed by atoms with E-state index in [4.69, 9.17) is 18.9 Å². The summed E-state index contributed by atoms with van der Waals surface area (Å²) < 4.78 is 21.5. The number of H-pyrrole nitrogens is 1. The molecule has 1 heterocycles. The SMILES string of the molecule is COc1ccccc1C(=O)Nc1c(-c2cc(OC)c(OC)c(OC)c2)n[nH]c1C. The zero-order valence-electron chi connectivity index (χ0n) is 17.0. The lowest BCUT2D eigenvalue weighted by Crippen LogP contribution is -2.14. The molecule has 8 nitrogen and oxygen atoms in total. The molecule has 0 aliphatic rings. The van der Waals surface area contributed by atoms with Crippen LogP contribution in [0.3, 0.4) is 0 Å². The van der Waals surface area contributed by atoms with Gasteiger partial charge in [-0.3, -0.25) is 9.89 Å². The van der Waals surface area contributed by atoms with E-state index < -0.39 is 0 Å². The number of carbonyl (C=O) groups excluding carboxylic acids is 1. The van der Waals surface area contributed by atoms with E-state index in [0.717, 1.165) is 0 Å². The molecule has 8 heteroatoms. The number of carbonyl (C=O) groups is 1. The lowest BCUT2D eigenvalue weighted by molar-refractivity contribution is 0.102. The van der Waals surface area contributed by atoms with Gasteiger partial charge in [-0.05, 0) is 31.2 Å². The minimum Gasteiger partial charge on any atom is -0.496 e. The van der Waals surface area contributed by atoms with Gasteiger partial charge in [0.25, 0.3) is 5.91 Å². The molecule has 0 bridgehead atoms. The van der Waals surface area contributed by atoms with Crippen molar-refractivity contribution in [2.24, 2.45) is 0 Å². The maximum Gasteiger partial charge on any atom is 0.259 e. The van der Waals surface area contributed by atoms with Crippen LogP contribution in [0, 0.1) is 6.92 Å². The topological polar surface area (TPSA) is 94.7 Å². The van der Waals surface area contributed by atoms with E-state index in [1.54, 1.807) is 50.6 Å². The Morgan fingerprint density at radius 2 is 1.55 bits per heavy atom. The van der Waals surface area contributed by atoms with Gasteiger partial charge >= 0.3 is 0 Å². The van der Waals surface area contributed by atoms with Gasteiger partial charge in [0.1, 0.15) is 11.4 Å². The van der Waals surface area contributed by atoms with Crippen LogP contribution in [0.2, 0.25) is 0 Å². The first-order valence-electron chi connectivity index (χ1n) is 8.83. The van der Waals surface area contributed by atoms with Gasteiger partial charge < -0.3 is 24.3 Å². The number of benzene rings is 2. The fourth-order valence-corrected chi connectivity index (χ4v) is 3.02. The Morgan fingerprint density at radius 1 is 0.931 bits per heavy atom. The number of anilines is 1. The minimum absolute atomic E-state index is 0.305. The Labute approximate surface area is 168 Å². The van der Waals surface area contributed by atoms with E-state index in [1.165, 1.54) is 14.2 Å². The highest BCUT2D eigenvalue weighted by atomic mass is 16.5. The molecule has 0 saturated heterocycles. The number of aryl methyl sites for hydroxylation is 1. The molecular formula is C21H23N3O5. The largest absolute Gasteiger partial charge is 0.496 e. The quantitative estimate of drug-likeness (QED) is 0.632. The fourth-order valence-electron chi connectivity index (χ4n) is 3.02. The van der Waals surface area contributed by atoms with Crippen LogP contribution in [0.4, 0.5) is 5.69 Å². The summed E-state index contributed by atoms with van der Waals surface area (Å²) >= 11 is 0. The molecule has 2 N–H and O–H groups in total. The summed E-state index contributed by atoms with van der Waals surface area (Å²) in [5.41, 5.74) is 2.92. The smallest absolute Gasteiger partial charge is 0.259 e. The third-order valence-corrected chi connectivity index (χ3v) is 4.48. The molecule has 3 aromatic rings. The molecule has 3 rings (SSSR count). The summed E-state index contributed by atoms with van der Waals surface area (Å²) in [6.45, 7) is 1.83. The standard InChI is InChI=1S/C21H23N3O5/c1-12-18(22-21(25)14-8-6-7-9-15(14)26-2)19(24-23-12)13-10-16(27-3)20(29-5)17(11-13)28-4/h6-11H,1-5H3,(H,22,25)(H,23,24). The van der Waals surface area contributed by atoms with E-state index in [9.17, 15) is 4.79 Å². The number of ether oxygens (including phenoxy) is 4. The zero-order chi connectivity index (χ0) is 21.0. The number of nitrogens with one attached hydrogen (secondary N) is 2. The van der Waals surface area contributed by atoms with Crippen molar-refractivity contribution in [2.45, 2.75) is 6.92 Å². The Kier molecular flexibility index (Phi) is 5.92. The van der Waals surface area contributed by atoms with Gasteiger partial charge in [0.2, 0.25) is 5.75 Å². The zero-order valence-corrected chi connectivity index (χ0v) is 17.0. The summed E-state index contributed by atoms with van der Waals surface area (Å²) in [5, 5.41) is 10.2. The summed E-state index contributed by atoms with van der Waals surface area (Å²) in [5.74, 6) is 1.64. The Bertz CT molecular complexity index is 1000. The molecule has 0 aliphatic carbocycles. The number of aromatic nitrogens is 2. The maximum atomic E-state index is 12.9. The highest BCUT2D eigenvalue weighted by molar-refractivity contribution is 6.08. The number of hydrogen-bond acceptors (Lipinski definition) is 6. The van der Waals surface area contributed by atoms with Gasteiger partial charge in [0, 0.05) is 5.56 Å². The Morgan fingerprint density at radius 3 is 2.14 bits per heavy atom. The summed E-state index contributed by atoms with van der Waals surface area (Å²) in [6, 6.07) is 10.6. The van der Waals surface area contributed by atoms with Gasteiger partial charge in [-0.1, -0.05) is 12.1 Å². The lowest BCUT2D eigenvalue weighted by Gasteiger charge is -2.14. The number of rotatable bonds is 7. The van der Waals surface area contributed by atoms with Crippen molar-refractivity contribution in [1.82, 2.24) is 10.2 Å². The maximum absolute atomic E-state index is 12.9. The second kappa shape index (κ2) is 8.55. The second-order valence-electron chi connectivity index (χ2n) is 6.14. The van der Waals surface area contributed by atoms with Crippen molar-refractivity contribution in [3.05, 3.63) is 47.7 Å². The molecule has 0 unspecified atom stereocenters. The third kappa shape index (κ3) is 3.82. The average molecular weight is 397 g/mol. The van der Waals surface area contributed by atoms with Crippen LogP contribution in [0.15, 0.2) is 36.4 Å². The van der Waals surface area contributed by atoms with E-state index in [0.29, 0.717) is 51.2 Å². The number of hydrogen-bond donors (Lipinski definition) is 2. The number of aromatic amines is 1. The summed E-state index contributed by atoms with van der Waals surface area (Å²) in [7, 11) is 6.15. The van der Waals surface area contributed by atoms with Gasteiger partial charge in [-0.15, -0.1) is 0 Å². The summed E-state index contributed by atoms with van der Waals surface area (Å²) in [4.78, 5) is 12.9.